The Hall–Kier alpha value is -3.49. The van der Waals surface area contributed by atoms with Gasteiger partial charge < -0.3 is 9.47 Å². The molecule has 2 aromatic carbocycles. The molecular weight excluding hydrogens is 460 g/mol. The van der Waals surface area contributed by atoms with Crippen LogP contribution in [0.5, 0.6) is 5.75 Å². The second kappa shape index (κ2) is 8.46. The Bertz CT molecular complexity index is 1510. The van der Waals surface area contributed by atoms with Crippen molar-refractivity contribution in [1.29, 1.82) is 0 Å². The van der Waals surface area contributed by atoms with Crippen molar-refractivity contribution in [2.45, 2.75) is 20.5 Å². The van der Waals surface area contributed by atoms with E-state index in [2.05, 4.69) is 10.1 Å². The fraction of sp³-hybridized carbons (Fsp3) is 0.167. The highest BCUT2D eigenvalue weighted by Gasteiger charge is 2.20. The number of esters is 1. The first-order valence-electron chi connectivity index (χ1n) is 10.2. The Balaban J connectivity index is 1.41. The average molecular weight is 479 g/mol. The summed E-state index contributed by atoms with van der Waals surface area (Å²) >= 11 is 7.37. The smallest absolute Gasteiger partial charge is 0.348 e. The normalized spacial score (nSPS) is 11.3. The van der Waals surface area contributed by atoms with Crippen LogP contribution in [-0.4, -0.2) is 32.7 Å². The van der Waals surface area contributed by atoms with Gasteiger partial charge in [0.2, 0.25) is 0 Å². The Morgan fingerprint density at radius 3 is 2.67 bits per heavy atom. The molecule has 0 saturated heterocycles. The second-order valence-corrected chi connectivity index (χ2v) is 8.98. The SMILES string of the molecule is COC(=O)c1sc2ncn3nc(-c4ccc(COc5ccc(Cl)c(C)c5)cc4)nc3c2c1C. The van der Waals surface area contributed by atoms with Gasteiger partial charge in [0.1, 0.15) is 28.4 Å². The summed E-state index contributed by atoms with van der Waals surface area (Å²) in [6.07, 6.45) is 1.61. The Labute approximate surface area is 198 Å². The summed E-state index contributed by atoms with van der Waals surface area (Å²) < 4.78 is 12.4. The van der Waals surface area contributed by atoms with Gasteiger partial charge >= 0.3 is 5.97 Å². The van der Waals surface area contributed by atoms with Crippen LogP contribution in [0.4, 0.5) is 0 Å². The molecule has 9 heteroatoms. The fourth-order valence-corrected chi connectivity index (χ4v) is 4.75. The van der Waals surface area contributed by atoms with Gasteiger partial charge in [0, 0.05) is 10.6 Å². The van der Waals surface area contributed by atoms with Crippen molar-refractivity contribution < 1.29 is 14.3 Å². The number of thiophene rings is 1. The Kier molecular flexibility index (Phi) is 5.47. The molecule has 0 saturated carbocycles. The zero-order valence-corrected chi connectivity index (χ0v) is 19.7. The van der Waals surface area contributed by atoms with Crippen LogP contribution >= 0.6 is 22.9 Å². The van der Waals surface area contributed by atoms with Gasteiger partial charge in [0.15, 0.2) is 11.5 Å². The summed E-state index contributed by atoms with van der Waals surface area (Å²) in [7, 11) is 1.37. The van der Waals surface area contributed by atoms with Gasteiger partial charge in [-0.2, -0.15) is 0 Å². The quantitative estimate of drug-likeness (QED) is 0.304. The lowest BCUT2D eigenvalue weighted by atomic mass is 10.1. The average Bonchev–Trinajstić information content (AvgIpc) is 3.40. The molecule has 0 radical (unpaired) electrons. The first-order valence-corrected chi connectivity index (χ1v) is 11.3. The fourth-order valence-electron chi connectivity index (χ4n) is 3.57. The monoisotopic (exact) mass is 478 g/mol. The van der Waals surface area contributed by atoms with Crippen LogP contribution in [0.2, 0.25) is 5.02 Å². The summed E-state index contributed by atoms with van der Waals surface area (Å²) in [5.74, 6) is 0.979. The summed E-state index contributed by atoms with van der Waals surface area (Å²) in [6.45, 7) is 4.26. The highest BCUT2D eigenvalue weighted by Crippen LogP contribution is 2.33. The maximum Gasteiger partial charge on any atom is 0.348 e. The Morgan fingerprint density at radius 2 is 1.94 bits per heavy atom. The molecule has 166 valence electrons. The van der Waals surface area contributed by atoms with Crippen LogP contribution in [0, 0.1) is 13.8 Å². The van der Waals surface area contributed by atoms with Crippen molar-refractivity contribution >= 4 is 44.8 Å². The van der Waals surface area contributed by atoms with E-state index in [9.17, 15) is 4.79 Å². The molecule has 0 aliphatic heterocycles. The van der Waals surface area contributed by atoms with E-state index < -0.39 is 0 Å². The number of nitrogens with zero attached hydrogens (tertiary/aromatic N) is 4. The molecule has 0 aliphatic rings. The van der Waals surface area contributed by atoms with E-state index in [-0.39, 0.29) is 5.97 Å². The number of carbonyl (C=O) groups excluding carboxylic acids is 1. The number of carbonyl (C=O) groups is 1. The largest absolute Gasteiger partial charge is 0.489 e. The number of aryl methyl sites for hydroxylation is 2. The van der Waals surface area contributed by atoms with Crippen molar-refractivity contribution in [3.05, 3.63) is 75.4 Å². The summed E-state index contributed by atoms with van der Waals surface area (Å²) in [4.78, 5) is 22.5. The van der Waals surface area contributed by atoms with Crippen molar-refractivity contribution in [3.8, 4) is 17.1 Å². The van der Waals surface area contributed by atoms with Crippen molar-refractivity contribution in [2.75, 3.05) is 7.11 Å². The number of methoxy groups -OCH3 is 1. The Morgan fingerprint density at radius 1 is 1.15 bits per heavy atom. The lowest BCUT2D eigenvalue weighted by Crippen LogP contribution is -1.99. The van der Waals surface area contributed by atoms with E-state index in [1.54, 1.807) is 10.8 Å². The molecule has 0 unspecified atom stereocenters. The first kappa shape index (κ1) is 21.4. The van der Waals surface area contributed by atoms with E-state index >= 15 is 0 Å². The predicted molar refractivity (Wildman–Crippen MR) is 128 cm³/mol. The molecule has 0 N–H and O–H groups in total. The van der Waals surface area contributed by atoms with Gasteiger partial charge in [-0.1, -0.05) is 35.9 Å². The number of halogens is 1. The molecule has 0 amide bonds. The third-order valence-electron chi connectivity index (χ3n) is 5.39. The van der Waals surface area contributed by atoms with Crippen molar-refractivity contribution in [2.24, 2.45) is 0 Å². The number of ether oxygens (including phenoxy) is 2. The molecule has 0 spiro atoms. The van der Waals surface area contributed by atoms with E-state index in [4.69, 9.17) is 26.1 Å². The number of hydrogen-bond acceptors (Lipinski definition) is 7. The van der Waals surface area contributed by atoms with Crippen LogP contribution < -0.4 is 4.74 Å². The van der Waals surface area contributed by atoms with Crippen LogP contribution in [0.25, 0.3) is 27.3 Å². The second-order valence-electron chi connectivity index (χ2n) is 7.57. The van der Waals surface area contributed by atoms with Gasteiger partial charge in [0.25, 0.3) is 0 Å². The molecule has 3 heterocycles. The topological polar surface area (TPSA) is 78.6 Å². The number of benzene rings is 2. The van der Waals surface area contributed by atoms with E-state index in [1.807, 2.05) is 56.3 Å². The highest BCUT2D eigenvalue weighted by molar-refractivity contribution is 7.20. The minimum Gasteiger partial charge on any atom is -0.489 e. The van der Waals surface area contributed by atoms with Crippen molar-refractivity contribution in [3.63, 3.8) is 0 Å². The van der Waals surface area contributed by atoms with Crippen LogP contribution in [0.15, 0.2) is 48.8 Å². The minimum absolute atomic E-state index is 0.375. The number of aromatic nitrogens is 4. The van der Waals surface area contributed by atoms with E-state index in [0.717, 1.165) is 43.2 Å². The lowest BCUT2D eigenvalue weighted by molar-refractivity contribution is 0.0605. The highest BCUT2D eigenvalue weighted by atomic mass is 35.5. The molecule has 0 aliphatic carbocycles. The lowest BCUT2D eigenvalue weighted by Gasteiger charge is -2.08. The van der Waals surface area contributed by atoms with E-state index in [0.29, 0.717) is 23.0 Å². The number of fused-ring (bicyclic) bond motifs is 3. The molecule has 0 atom stereocenters. The molecule has 5 rings (SSSR count). The molecule has 33 heavy (non-hydrogen) atoms. The standard InChI is InChI=1S/C24H19ClN4O3S/c1-13-10-17(8-9-18(13)25)32-11-15-4-6-16(7-5-15)21-27-22-19-14(2)20(24(30)31-3)33-23(19)26-12-29(22)28-21/h4-10,12H,11H2,1-3H3. The summed E-state index contributed by atoms with van der Waals surface area (Å²) in [5, 5.41) is 6.11. The third-order valence-corrected chi connectivity index (χ3v) is 6.99. The molecular formula is C24H19ClN4O3S. The van der Waals surface area contributed by atoms with Crippen LogP contribution in [-0.2, 0) is 11.3 Å². The number of hydrogen-bond donors (Lipinski definition) is 0. The minimum atomic E-state index is -0.375. The summed E-state index contributed by atoms with van der Waals surface area (Å²) in [5.41, 5.74) is 4.33. The van der Waals surface area contributed by atoms with Crippen LogP contribution in [0.1, 0.15) is 26.4 Å². The third kappa shape index (κ3) is 3.92. The zero-order chi connectivity index (χ0) is 23.1. The van der Waals surface area contributed by atoms with E-state index in [1.165, 1.54) is 18.4 Å². The molecule has 7 nitrogen and oxygen atoms in total. The molecule has 0 bridgehead atoms. The number of rotatable bonds is 5. The maximum atomic E-state index is 12.1. The summed E-state index contributed by atoms with van der Waals surface area (Å²) in [6, 6.07) is 13.5. The molecule has 0 fully saturated rings. The van der Waals surface area contributed by atoms with Crippen LogP contribution in [0.3, 0.4) is 0 Å². The maximum absolute atomic E-state index is 12.1. The van der Waals surface area contributed by atoms with Crippen molar-refractivity contribution in [1.82, 2.24) is 19.6 Å². The predicted octanol–water partition coefficient (Wildman–Crippen LogP) is 5.64. The first-order chi connectivity index (χ1) is 15.9. The van der Waals surface area contributed by atoms with Gasteiger partial charge in [-0.15, -0.1) is 16.4 Å². The van der Waals surface area contributed by atoms with Gasteiger partial charge in [-0.3, -0.25) is 0 Å². The molecule has 3 aromatic heterocycles. The van der Waals surface area contributed by atoms with Gasteiger partial charge in [0.05, 0.1) is 12.5 Å². The molecule has 5 aromatic rings. The zero-order valence-electron chi connectivity index (χ0n) is 18.1. The van der Waals surface area contributed by atoms with Gasteiger partial charge in [-0.25, -0.2) is 19.3 Å². The van der Waals surface area contributed by atoms with Gasteiger partial charge in [-0.05, 0) is 48.7 Å².